The van der Waals surface area contributed by atoms with Crippen LogP contribution < -0.4 is 10.2 Å². The van der Waals surface area contributed by atoms with E-state index in [9.17, 15) is 19.8 Å². The van der Waals surface area contributed by atoms with Crippen molar-refractivity contribution in [3.05, 3.63) is 11.8 Å². The van der Waals surface area contributed by atoms with Gasteiger partial charge in [-0.3, -0.25) is 9.69 Å². The normalized spacial score (nSPS) is 30.3. The van der Waals surface area contributed by atoms with Crippen molar-refractivity contribution >= 4 is 34.9 Å². The molecule has 0 saturated carbocycles. The summed E-state index contributed by atoms with van der Waals surface area (Å²) in [6.45, 7) is -0.576. The maximum absolute atomic E-state index is 11.0. The zero-order valence-electron chi connectivity index (χ0n) is 7.84. The molecular formula is C8H7MgNO5. The van der Waals surface area contributed by atoms with Crippen LogP contribution in [-0.2, 0) is 14.3 Å². The molecule has 0 spiro atoms. The minimum Gasteiger partial charge on any atom is -0.851 e. The van der Waals surface area contributed by atoms with Crippen LogP contribution in [0.5, 0.6) is 0 Å². The van der Waals surface area contributed by atoms with Crippen LogP contribution in [0.2, 0.25) is 0 Å². The molecule has 2 heterocycles. The predicted octanol–water partition coefficient (Wildman–Crippen LogP) is -3.44. The van der Waals surface area contributed by atoms with Crippen molar-refractivity contribution in [1.82, 2.24) is 4.90 Å². The molecule has 6 nitrogen and oxygen atoms in total. The molecule has 0 aromatic carbocycles. The molecule has 1 amide bonds. The SMILES string of the molecule is O=C([O-])[C@H]1/C(=C/C[O-])O[C@@H]2CC(=O)N21.[Mg+2]. The minimum absolute atomic E-state index is 0. The third kappa shape index (κ3) is 1.82. The van der Waals surface area contributed by atoms with Gasteiger partial charge in [0.05, 0.1) is 12.4 Å². The predicted molar refractivity (Wildman–Crippen MR) is 43.8 cm³/mol. The molecule has 2 aliphatic heterocycles. The molecule has 0 aliphatic carbocycles. The van der Waals surface area contributed by atoms with Crippen LogP contribution in [0.25, 0.3) is 0 Å². The summed E-state index contributed by atoms with van der Waals surface area (Å²) in [6.07, 6.45) is 0.759. The standard InChI is InChI=1S/C8H8NO5.Mg/c10-2-1-4-7(8(12)13)9-5(11)3-6(9)14-4;/h1,6-7H,2-3H2,(H,12,13);/q-1;+2/p-1/b4-1-;/t6-,7-;/m1./s1. The number of rotatable bonds is 2. The maximum atomic E-state index is 11.0. The zero-order valence-corrected chi connectivity index (χ0v) is 9.26. The van der Waals surface area contributed by atoms with E-state index in [0.29, 0.717) is 0 Å². The third-order valence-corrected chi connectivity index (χ3v) is 2.28. The molecule has 0 radical (unpaired) electrons. The smallest absolute Gasteiger partial charge is 0.851 e. The monoisotopic (exact) mass is 221 g/mol. The molecule has 0 unspecified atom stereocenters. The van der Waals surface area contributed by atoms with Crippen molar-refractivity contribution < 1.29 is 24.5 Å². The number of nitrogens with zero attached hydrogens (tertiary/aromatic N) is 1. The summed E-state index contributed by atoms with van der Waals surface area (Å²) in [5.74, 6) is -1.69. The third-order valence-electron chi connectivity index (χ3n) is 2.28. The fourth-order valence-electron chi connectivity index (χ4n) is 1.64. The van der Waals surface area contributed by atoms with Gasteiger partial charge in [0.25, 0.3) is 0 Å². The summed E-state index contributed by atoms with van der Waals surface area (Å²) < 4.78 is 5.09. The van der Waals surface area contributed by atoms with Crippen molar-refractivity contribution in [3.63, 3.8) is 0 Å². The van der Waals surface area contributed by atoms with Crippen LogP contribution in [0.1, 0.15) is 6.42 Å². The number of carbonyl (C=O) groups excluding carboxylic acids is 2. The molecule has 2 atom stereocenters. The Morgan fingerprint density at radius 3 is 2.80 bits per heavy atom. The molecule has 15 heavy (non-hydrogen) atoms. The first kappa shape index (κ1) is 12.3. The van der Waals surface area contributed by atoms with Gasteiger partial charge in [0.1, 0.15) is 11.8 Å². The van der Waals surface area contributed by atoms with Crippen LogP contribution in [0.15, 0.2) is 11.8 Å². The largest absolute Gasteiger partial charge is 2.00 e. The Kier molecular flexibility index (Phi) is 3.58. The number of carbonyl (C=O) groups is 2. The van der Waals surface area contributed by atoms with Crippen LogP contribution in [0, 0.1) is 0 Å². The Labute approximate surface area is 102 Å². The van der Waals surface area contributed by atoms with Gasteiger partial charge < -0.3 is 19.7 Å². The van der Waals surface area contributed by atoms with Crippen molar-refractivity contribution in [2.24, 2.45) is 0 Å². The second-order valence-corrected chi connectivity index (χ2v) is 3.07. The fraction of sp³-hybridized carbons (Fsp3) is 0.500. The quantitative estimate of drug-likeness (QED) is 0.357. The first-order chi connectivity index (χ1) is 6.65. The van der Waals surface area contributed by atoms with Gasteiger partial charge in [0.15, 0.2) is 6.23 Å². The van der Waals surface area contributed by atoms with E-state index in [0.717, 1.165) is 11.0 Å². The van der Waals surface area contributed by atoms with Crippen LogP contribution >= 0.6 is 0 Å². The summed E-state index contributed by atoms with van der Waals surface area (Å²) in [4.78, 5) is 22.8. The molecule has 0 aromatic heterocycles. The molecular weight excluding hydrogens is 214 g/mol. The molecule has 76 valence electrons. The topological polar surface area (TPSA) is 92.7 Å². The fourth-order valence-corrected chi connectivity index (χ4v) is 1.64. The number of hydrogen-bond donors (Lipinski definition) is 0. The van der Waals surface area contributed by atoms with E-state index >= 15 is 0 Å². The van der Waals surface area contributed by atoms with Crippen molar-refractivity contribution in [1.29, 1.82) is 0 Å². The van der Waals surface area contributed by atoms with Crippen LogP contribution in [-0.4, -0.2) is 58.7 Å². The van der Waals surface area contributed by atoms with E-state index in [2.05, 4.69) is 0 Å². The number of amides is 1. The first-order valence-corrected chi connectivity index (χ1v) is 4.12. The van der Waals surface area contributed by atoms with Crippen molar-refractivity contribution in [2.45, 2.75) is 18.7 Å². The number of carboxylic acid groups (broad SMARTS) is 1. The number of aliphatic carboxylic acids is 1. The van der Waals surface area contributed by atoms with E-state index in [4.69, 9.17) is 4.74 Å². The minimum atomic E-state index is -1.42. The number of fused-ring (bicyclic) bond motifs is 1. The Morgan fingerprint density at radius 1 is 1.67 bits per heavy atom. The first-order valence-electron chi connectivity index (χ1n) is 4.12. The molecule has 0 aromatic rings. The summed E-state index contributed by atoms with van der Waals surface area (Å²) in [7, 11) is 0. The van der Waals surface area contributed by atoms with E-state index in [1.165, 1.54) is 0 Å². The van der Waals surface area contributed by atoms with Gasteiger partial charge in [-0.2, -0.15) is 0 Å². The zero-order chi connectivity index (χ0) is 10.3. The molecule has 2 aliphatic rings. The van der Waals surface area contributed by atoms with Gasteiger partial charge in [-0.25, -0.2) is 0 Å². The van der Waals surface area contributed by atoms with Gasteiger partial charge in [-0.05, 0) is 0 Å². The Hall–Kier alpha value is -0.794. The number of β-lactam (4-membered cyclic amide) rings is 1. The summed E-state index contributed by atoms with van der Waals surface area (Å²) in [6, 6.07) is -1.21. The van der Waals surface area contributed by atoms with Crippen LogP contribution in [0.4, 0.5) is 0 Å². The average Bonchev–Trinajstić information content (AvgIpc) is 2.39. The summed E-state index contributed by atoms with van der Waals surface area (Å²) in [5, 5.41) is 21.0. The summed E-state index contributed by atoms with van der Waals surface area (Å²) >= 11 is 0. The van der Waals surface area contributed by atoms with Crippen molar-refractivity contribution in [3.8, 4) is 0 Å². The Morgan fingerprint density at radius 2 is 2.33 bits per heavy atom. The average molecular weight is 221 g/mol. The summed E-state index contributed by atoms with van der Waals surface area (Å²) in [5.41, 5.74) is 0. The van der Waals surface area contributed by atoms with Gasteiger partial charge in [0, 0.05) is 0 Å². The maximum Gasteiger partial charge on any atom is 2.00 e. The molecule has 2 saturated heterocycles. The van der Waals surface area contributed by atoms with Crippen molar-refractivity contribution in [2.75, 3.05) is 6.61 Å². The Bertz CT molecular complexity index is 329. The van der Waals surface area contributed by atoms with E-state index in [1.54, 1.807) is 0 Å². The Balaban J connectivity index is 0.00000112. The van der Waals surface area contributed by atoms with Gasteiger partial charge >= 0.3 is 23.1 Å². The van der Waals surface area contributed by atoms with Gasteiger partial charge in [0.2, 0.25) is 5.91 Å². The van der Waals surface area contributed by atoms with Gasteiger partial charge in [-0.1, -0.05) is 6.08 Å². The van der Waals surface area contributed by atoms with Crippen LogP contribution in [0.3, 0.4) is 0 Å². The number of carboxylic acids is 1. The molecule has 2 rings (SSSR count). The molecule has 0 bridgehead atoms. The van der Waals surface area contributed by atoms with E-state index in [-0.39, 0.29) is 41.1 Å². The molecule has 7 heteroatoms. The molecule has 0 N–H and O–H groups in total. The number of ether oxygens (including phenoxy) is 1. The second-order valence-electron chi connectivity index (χ2n) is 3.07. The number of hydrogen-bond acceptors (Lipinski definition) is 5. The van der Waals surface area contributed by atoms with E-state index in [1.807, 2.05) is 0 Å². The van der Waals surface area contributed by atoms with E-state index < -0.39 is 24.8 Å². The second kappa shape index (κ2) is 4.38. The van der Waals surface area contributed by atoms with Gasteiger partial charge in [-0.15, -0.1) is 6.61 Å². The molecule has 2 fully saturated rings.